The van der Waals surface area contributed by atoms with Crippen molar-refractivity contribution < 1.29 is 18.7 Å². The minimum absolute atomic E-state index is 0.0162. The normalized spacial score (nSPS) is 17.4. The fraction of sp³-hybridized carbons (Fsp3) is 0.318. The largest absolute Gasteiger partial charge is 0.474 e. The molecule has 2 aliphatic heterocycles. The van der Waals surface area contributed by atoms with Gasteiger partial charge in [0.05, 0.1) is 5.69 Å². The average Bonchev–Trinajstić information content (AvgIpc) is 3.30. The molecule has 0 aliphatic carbocycles. The Bertz CT molecular complexity index is 1210. The number of halogens is 1. The number of fused-ring (bicyclic) bond motifs is 2. The van der Waals surface area contributed by atoms with Crippen molar-refractivity contribution in [1.29, 1.82) is 0 Å². The predicted molar refractivity (Wildman–Crippen MR) is 119 cm³/mol. The van der Waals surface area contributed by atoms with E-state index in [1.165, 1.54) is 6.20 Å². The van der Waals surface area contributed by atoms with Crippen molar-refractivity contribution in [1.82, 2.24) is 15.3 Å². The van der Waals surface area contributed by atoms with Crippen LogP contribution in [0.2, 0.25) is 0 Å². The molecule has 4 heterocycles. The van der Waals surface area contributed by atoms with E-state index in [1.54, 1.807) is 18.3 Å². The fourth-order valence-electron chi connectivity index (χ4n) is 4.07. The first-order valence-electron chi connectivity index (χ1n) is 10.4. The molecular weight excluding hydrogens is 415 g/mol. The Morgan fingerprint density at radius 1 is 1.28 bits per heavy atom. The number of pyridine rings is 2. The molecule has 5 rings (SSSR count). The van der Waals surface area contributed by atoms with E-state index in [-0.39, 0.29) is 11.8 Å². The SMILES string of the molecule is Cc1c(-c2cc3cc(NC(=O)OC4CCNC4)ncc3c(N)c2F)cnc2c1NCCO2. The van der Waals surface area contributed by atoms with Crippen LogP contribution in [0.15, 0.2) is 24.5 Å². The Morgan fingerprint density at radius 3 is 2.97 bits per heavy atom. The van der Waals surface area contributed by atoms with Crippen LogP contribution >= 0.6 is 0 Å². The Hall–Kier alpha value is -3.66. The molecular formula is C22H23FN6O3. The van der Waals surface area contributed by atoms with E-state index in [9.17, 15) is 4.79 Å². The molecule has 166 valence electrons. The second kappa shape index (κ2) is 8.12. The molecule has 2 aliphatic rings. The van der Waals surface area contributed by atoms with Gasteiger partial charge in [0.25, 0.3) is 0 Å². The first-order valence-corrected chi connectivity index (χ1v) is 10.4. The van der Waals surface area contributed by atoms with E-state index in [2.05, 4.69) is 25.9 Å². The summed E-state index contributed by atoms with van der Waals surface area (Å²) in [5.41, 5.74) is 8.57. The Morgan fingerprint density at radius 2 is 2.16 bits per heavy atom. The van der Waals surface area contributed by atoms with Gasteiger partial charge >= 0.3 is 6.09 Å². The molecule has 2 aromatic heterocycles. The number of hydrogen-bond donors (Lipinski definition) is 4. The van der Waals surface area contributed by atoms with Crippen LogP contribution in [0.25, 0.3) is 21.9 Å². The van der Waals surface area contributed by atoms with Gasteiger partial charge in [0.2, 0.25) is 5.88 Å². The molecule has 3 aromatic rings. The van der Waals surface area contributed by atoms with Crippen molar-refractivity contribution in [2.75, 3.05) is 42.6 Å². The highest BCUT2D eigenvalue weighted by Crippen LogP contribution is 2.39. The van der Waals surface area contributed by atoms with Gasteiger partial charge in [-0.05, 0) is 43.0 Å². The number of nitrogen functional groups attached to an aromatic ring is 1. The summed E-state index contributed by atoms with van der Waals surface area (Å²) >= 11 is 0. The number of ether oxygens (including phenoxy) is 2. The van der Waals surface area contributed by atoms with Crippen LogP contribution in [-0.4, -0.2) is 48.4 Å². The number of nitrogens with one attached hydrogen (secondary N) is 3. The number of anilines is 3. The molecule has 5 N–H and O–H groups in total. The number of hydrogen-bond acceptors (Lipinski definition) is 8. The lowest BCUT2D eigenvalue weighted by molar-refractivity contribution is 0.121. The molecule has 0 saturated carbocycles. The highest BCUT2D eigenvalue weighted by Gasteiger charge is 2.22. The molecule has 0 radical (unpaired) electrons. The molecule has 0 bridgehead atoms. The van der Waals surface area contributed by atoms with Crippen molar-refractivity contribution in [3.63, 3.8) is 0 Å². The van der Waals surface area contributed by atoms with E-state index in [1.807, 2.05) is 6.92 Å². The molecule has 1 saturated heterocycles. The number of carbonyl (C=O) groups excluding carboxylic acids is 1. The monoisotopic (exact) mass is 438 g/mol. The second-order valence-corrected chi connectivity index (χ2v) is 7.84. The third kappa shape index (κ3) is 3.62. The summed E-state index contributed by atoms with van der Waals surface area (Å²) in [6, 6.07) is 3.32. The number of aromatic nitrogens is 2. The Labute approximate surface area is 183 Å². The second-order valence-electron chi connectivity index (χ2n) is 7.84. The van der Waals surface area contributed by atoms with Gasteiger partial charge in [-0.2, -0.15) is 0 Å². The van der Waals surface area contributed by atoms with Crippen molar-refractivity contribution in [3.8, 4) is 17.0 Å². The molecule has 1 amide bonds. The molecule has 1 atom stereocenters. The predicted octanol–water partition coefficient (Wildman–Crippen LogP) is 3.04. The van der Waals surface area contributed by atoms with E-state index >= 15 is 4.39 Å². The standard InChI is InChI=1S/C22H23FN6O3/c1-11-15(9-28-21-20(11)26-4-5-31-21)14-6-12-7-17(27-10-16(12)19(24)18(14)23)29-22(30)32-13-2-3-25-8-13/h6-7,9-10,13,25-26H,2-5,8,24H2,1H3,(H,27,29,30). The van der Waals surface area contributed by atoms with Gasteiger partial charge in [-0.25, -0.2) is 19.2 Å². The Kier molecular flexibility index (Phi) is 5.14. The van der Waals surface area contributed by atoms with Gasteiger partial charge in [-0.15, -0.1) is 0 Å². The number of carbonyl (C=O) groups is 1. The average molecular weight is 438 g/mol. The van der Waals surface area contributed by atoms with Gasteiger partial charge in [0.15, 0.2) is 5.82 Å². The van der Waals surface area contributed by atoms with E-state index in [0.29, 0.717) is 53.3 Å². The summed E-state index contributed by atoms with van der Waals surface area (Å²) in [4.78, 5) is 20.7. The zero-order chi connectivity index (χ0) is 22.2. The lowest BCUT2D eigenvalue weighted by Crippen LogP contribution is -2.24. The lowest BCUT2D eigenvalue weighted by Gasteiger charge is -2.22. The van der Waals surface area contributed by atoms with Gasteiger partial charge in [-0.1, -0.05) is 0 Å². The van der Waals surface area contributed by atoms with Gasteiger partial charge in [0.1, 0.15) is 24.2 Å². The molecule has 32 heavy (non-hydrogen) atoms. The molecule has 1 unspecified atom stereocenters. The summed E-state index contributed by atoms with van der Waals surface area (Å²) in [6.07, 6.45) is 3.05. The molecule has 1 fully saturated rings. The third-order valence-corrected chi connectivity index (χ3v) is 5.75. The third-order valence-electron chi connectivity index (χ3n) is 5.75. The summed E-state index contributed by atoms with van der Waals surface area (Å²) in [5, 5.41) is 10.1. The van der Waals surface area contributed by atoms with Gasteiger partial charge in [-0.3, -0.25) is 5.32 Å². The van der Waals surface area contributed by atoms with Crippen LogP contribution in [-0.2, 0) is 4.74 Å². The smallest absolute Gasteiger partial charge is 0.413 e. The van der Waals surface area contributed by atoms with Crippen molar-refractivity contribution in [2.24, 2.45) is 0 Å². The maximum atomic E-state index is 15.2. The summed E-state index contributed by atoms with van der Waals surface area (Å²) < 4.78 is 26.2. The van der Waals surface area contributed by atoms with Crippen molar-refractivity contribution in [2.45, 2.75) is 19.4 Å². The Balaban J connectivity index is 1.50. The summed E-state index contributed by atoms with van der Waals surface area (Å²) in [7, 11) is 0. The number of rotatable bonds is 3. The van der Waals surface area contributed by atoms with E-state index in [4.69, 9.17) is 15.2 Å². The molecule has 1 aromatic carbocycles. The maximum Gasteiger partial charge on any atom is 0.413 e. The number of amides is 1. The zero-order valence-electron chi connectivity index (χ0n) is 17.5. The highest BCUT2D eigenvalue weighted by atomic mass is 19.1. The number of nitrogens with two attached hydrogens (primary N) is 1. The molecule has 10 heteroatoms. The fourth-order valence-corrected chi connectivity index (χ4v) is 4.07. The van der Waals surface area contributed by atoms with Crippen LogP contribution < -0.4 is 26.4 Å². The number of benzene rings is 1. The van der Waals surface area contributed by atoms with Crippen LogP contribution in [0.1, 0.15) is 12.0 Å². The van der Waals surface area contributed by atoms with E-state index < -0.39 is 11.9 Å². The van der Waals surface area contributed by atoms with Crippen LogP contribution in [0, 0.1) is 12.7 Å². The van der Waals surface area contributed by atoms with Gasteiger partial charge < -0.3 is 25.8 Å². The van der Waals surface area contributed by atoms with Crippen LogP contribution in [0.3, 0.4) is 0 Å². The first kappa shape index (κ1) is 20.3. The van der Waals surface area contributed by atoms with E-state index in [0.717, 1.165) is 24.2 Å². The topological polar surface area (TPSA) is 123 Å². The summed E-state index contributed by atoms with van der Waals surface area (Å²) in [5.74, 6) is 0.244. The maximum absolute atomic E-state index is 15.2. The minimum Gasteiger partial charge on any atom is -0.474 e. The molecule has 9 nitrogen and oxygen atoms in total. The van der Waals surface area contributed by atoms with Crippen LogP contribution in [0.5, 0.6) is 5.88 Å². The van der Waals surface area contributed by atoms with Crippen LogP contribution in [0.4, 0.5) is 26.4 Å². The quantitative estimate of drug-likeness (QED) is 0.460. The van der Waals surface area contributed by atoms with Gasteiger partial charge in [0, 0.05) is 42.0 Å². The summed E-state index contributed by atoms with van der Waals surface area (Å²) in [6.45, 7) is 4.50. The molecule has 0 spiro atoms. The first-order chi connectivity index (χ1) is 15.5. The lowest BCUT2D eigenvalue weighted by atomic mass is 9.97. The van der Waals surface area contributed by atoms with Crippen molar-refractivity contribution >= 4 is 34.1 Å². The van der Waals surface area contributed by atoms with Crippen molar-refractivity contribution in [3.05, 3.63) is 35.9 Å². The minimum atomic E-state index is -0.582. The highest BCUT2D eigenvalue weighted by molar-refractivity contribution is 5.99. The zero-order valence-corrected chi connectivity index (χ0v) is 17.5. The number of nitrogens with zero attached hydrogens (tertiary/aromatic N) is 2.